The van der Waals surface area contributed by atoms with Crippen molar-refractivity contribution in [2.45, 2.75) is 0 Å². The summed E-state index contributed by atoms with van der Waals surface area (Å²) < 4.78 is 1.80. The van der Waals surface area contributed by atoms with Gasteiger partial charge in [-0.3, -0.25) is 0 Å². The van der Waals surface area contributed by atoms with Gasteiger partial charge < -0.3 is 15.9 Å². The topological polar surface area (TPSA) is 69.3 Å². The molecule has 0 aromatic carbocycles. The fourth-order valence-corrected chi connectivity index (χ4v) is 1.03. The summed E-state index contributed by atoms with van der Waals surface area (Å²) in [6.45, 7) is 0. The lowest BCUT2D eigenvalue weighted by Gasteiger charge is -1.92. The third-order valence-electron chi connectivity index (χ3n) is 1.49. The number of pyridine rings is 1. The molecular weight excluding hydrogens is 140 g/mol. The summed E-state index contributed by atoms with van der Waals surface area (Å²) in [5.41, 5.74) is 12.5. The lowest BCUT2D eigenvalue weighted by atomic mass is 10.4. The number of nitrogens with zero attached hydrogens (tertiary/aromatic N) is 2. The quantitative estimate of drug-likeness (QED) is 0.571. The maximum atomic E-state index is 5.54. The molecule has 2 aromatic rings. The fraction of sp³-hybridized carbons (Fsp3) is 0. The van der Waals surface area contributed by atoms with Crippen molar-refractivity contribution in [3.05, 3.63) is 24.5 Å². The number of rotatable bonds is 0. The van der Waals surface area contributed by atoms with Gasteiger partial charge in [-0.15, -0.1) is 0 Å². The zero-order chi connectivity index (χ0) is 7.84. The molecule has 0 radical (unpaired) electrons. The highest BCUT2D eigenvalue weighted by molar-refractivity contribution is 5.51. The van der Waals surface area contributed by atoms with Gasteiger partial charge in [-0.25, -0.2) is 4.98 Å². The Morgan fingerprint density at radius 3 is 2.82 bits per heavy atom. The lowest BCUT2D eigenvalue weighted by molar-refractivity contribution is 1.19. The van der Waals surface area contributed by atoms with E-state index in [1.807, 2.05) is 6.07 Å². The van der Waals surface area contributed by atoms with E-state index in [-0.39, 0.29) is 0 Å². The largest absolute Gasteiger partial charge is 0.398 e. The van der Waals surface area contributed by atoms with E-state index in [0.29, 0.717) is 11.5 Å². The highest BCUT2D eigenvalue weighted by Crippen LogP contribution is 2.08. The Morgan fingerprint density at radius 1 is 1.18 bits per heavy atom. The van der Waals surface area contributed by atoms with Gasteiger partial charge in [0.2, 0.25) is 0 Å². The van der Waals surface area contributed by atoms with E-state index in [1.165, 1.54) is 0 Å². The molecule has 0 saturated heterocycles. The lowest BCUT2D eigenvalue weighted by Crippen LogP contribution is -1.88. The number of hydrogen-bond donors (Lipinski definition) is 2. The number of fused-ring (bicyclic) bond motifs is 1. The van der Waals surface area contributed by atoms with E-state index in [2.05, 4.69) is 4.98 Å². The predicted molar refractivity (Wildman–Crippen MR) is 44.0 cm³/mol. The maximum absolute atomic E-state index is 5.54. The van der Waals surface area contributed by atoms with E-state index >= 15 is 0 Å². The van der Waals surface area contributed by atoms with Crippen molar-refractivity contribution in [2.24, 2.45) is 0 Å². The van der Waals surface area contributed by atoms with Crippen LogP contribution in [0.4, 0.5) is 11.5 Å². The van der Waals surface area contributed by atoms with Crippen molar-refractivity contribution in [1.82, 2.24) is 9.38 Å². The molecule has 0 unspecified atom stereocenters. The standard InChI is InChI=1S/C7H8N4/c8-5-1-2-7-10-6(9)4-11(7)3-5/h1-4H,8-9H2. The summed E-state index contributed by atoms with van der Waals surface area (Å²) in [5.74, 6) is 0.510. The molecule has 11 heavy (non-hydrogen) atoms. The maximum Gasteiger partial charge on any atom is 0.142 e. The van der Waals surface area contributed by atoms with Gasteiger partial charge in [0.05, 0.1) is 6.20 Å². The van der Waals surface area contributed by atoms with Crippen molar-refractivity contribution in [3.63, 3.8) is 0 Å². The van der Waals surface area contributed by atoms with Gasteiger partial charge in [-0.05, 0) is 12.1 Å². The molecule has 0 aliphatic heterocycles. The third kappa shape index (κ3) is 0.881. The van der Waals surface area contributed by atoms with Crippen LogP contribution in [-0.4, -0.2) is 9.38 Å². The van der Waals surface area contributed by atoms with E-state index in [0.717, 1.165) is 5.65 Å². The average Bonchev–Trinajstić information content (AvgIpc) is 2.27. The van der Waals surface area contributed by atoms with E-state index in [4.69, 9.17) is 11.5 Å². The first-order valence-electron chi connectivity index (χ1n) is 3.25. The Hall–Kier alpha value is -1.71. The van der Waals surface area contributed by atoms with Crippen LogP contribution >= 0.6 is 0 Å². The Labute approximate surface area is 63.4 Å². The van der Waals surface area contributed by atoms with Crippen LogP contribution in [0.15, 0.2) is 24.5 Å². The van der Waals surface area contributed by atoms with Crippen LogP contribution in [0.1, 0.15) is 0 Å². The number of anilines is 2. The Kier molecular flexibility index (Phi) is 1.03. The molecular formula is C7H8N4. The molecule has 56 valence electrons. The summed E-state index contributed by atoms with van der Waals surface area (Å²) >= 11 is 0. The zero-order valence-electron chi connectivity index (χ0n) is 5.86. The molecule has 0 saturated carbocycles. The Balaban J connectivity index is 2.82. The minimum atomic E-state index is 0.510. The number of nitrogen functional groups attached to an aromatic ring is 2. The van der Waals surface area contributed by atoms with Gasteiger partial charge in [0.15, 0.2) is 0 Å². The monoisotopic (exact) mass is 148 g/mol. The smallest absolute Gasteiger partial charge is 0.142 e. The van der Waals surface area contributed by atoms with Crippen LogP contribution in [0.3, 0.4) is 0 Å². The van der Waals surface area contributed by atoms with E-state index in [1.54, 1.807) is 22.9 Å². The van der Waals surface area contributed by atoms with Gasteiger partial charge in [-0.2, -0.15) is 0 Å². The first-order valence-corrected chi connectivity index (χ1v) is 3.25. The van der Waals surface area contributed by atoms with Gasteiger partial charge in [0.25, 0.3) is 0 Å². The molecule has 0 fully saturated rings. The van der Waals surface area contributed by atoms with E-state index < -0.39 is 0 Å². The molecule has 2 rings (SSSR count). The van der Waals surface area contributed by atoms with Crippen molar-refractivity contribution >= 4 is 17.2 Å². The molecule has 2 aromatic heterocycles. The zero-order valence-corrected chi connectivity index (χ0v) is 5.86. The average molecular weight is 148 g/mol. The van der Waals surface area contributed by atoms with Gasteiger partial charge in [0, 0.05) is 11.9 Å². The van der Waals surface area contributed by atoms with Crippen molar-refractivity contribution in [3.8, 4) is 0 Å². The third-order valence-corrected chi connectivity index (χ3v) is 1.49. The van der Waals surface area contributed by atoms with Crippen molar-refractivity contribution in [1.29, 1.82) is 0 Å². The van der Waals surface area contributed by atoms with Crippen LogP contribution in [0.5, 0.6) is 0 Å². The summed E-state index contributed by atoms with van der Waals surface area (Å²) in [5, 5.41) is 0. The summed E-state index contributed by atoms with van der Waals surface area (Å²) in [6.07, 6.45) is 3.50. The second kappa shape index (κ2) is 1.88. The molecule has 2 heterocycles. The normalized spacial score (nSPS) is 10.5. The van der Waals surface area contributed by atoms with Crippen LogP contribution in [0, 0.1) is 0 Å². The second-order valence-corrected chi connectivity index (χ2v) is 2.39. The molecule has 0 aliphatic rings. The second-order valence-electron chi connectivity index (χ2n) is 2.39. The van der Waals surface area contributed by atoms with Gasteiger partial charge in [0.1, 0.15) is 11.5 Å². The first-order chi connectivity index (χ1) is 5.25. The van der Waals surface area contributed by atoms with Gasteiger partial charge in [-0.1, -0.05) is 0 Å². The van der Waals surface area contributed by atoms with E-state index in [9.17, 15) is 0 Å². The number of aromatic nitrogens is 2. The van der Waals surface area contributed by atoms with Crippen LogP contribution in [0.25, 0.3) is 5.65 Å². The molecule has 0 bridgehead atoms. The minimum Gasteiger partial charge on any atom is -0.398 e. The van der Waals surface area contributed by atoms with Crippen LogP contribution < -0.4 is 11.5 Å². The number of imidazole rings is 1. The molecule has 4 heteroatoms. The summed E-state index contributed by atoms with van der Waals surface area (Å²) in [4.78, 5) is 4.04. The molecule has 0 aliphatic carbocycles. The molecule has 4 N–H and O–H groups in total. The highest BCUT2D eigenvalue weighted by Gasteiger charge is 1.95. The SMILES string of the molecule is Nc1ccc2nc(N)cn2c1. The van der Waals surface area contributed by atoms with Crippen LogP contribution in [-0.2, 0) is 0 Å². The predicted octanol–water partition coefficient (Wildman–Crippen LogP) is 0.499. The Bertz CT molecular complexity index is 390. The van der Waals surface area contributed by atoms with Crippen molar-refractivity contribution < 1.29 is 0 Å². The summed E-state index contributed by atoms with van der Waals surface area (Å²) in [6, 6.07) is 3.62. The Morgan fingerprint density at radius 2 is 2.00 bits per heavy atom. The van der Waals surface area contributed by atoms with Crippen LogP contribution in [0.2, 0.25) is 0 Å². The first kappa shape index (κ1) is 6.03. The van der Waals surface area contributed by atoms with Crippen molar-refractivity contribution in [2.75, 3.05) is 11.5 Å². The molecule has 4 nitrogen and oxygen atoms in total. The van der Waals surface area contributed by atoms with Gasteiger partial charge >= 0.3 is 0 Å². The fourth-order valence-electron chi connectivity index (χ4n) is 1.03. The minimum absolute atomic E-state index is 0.510. The molecule has 0 spiro atoms. The molecule has 0 amide bonds. The summed E-state index contributed by atoms with van der Waals surface area (Å²) in [7, 11) is 0. The molecule has 0 atom stereocenters. The highest BCUT2D eigenvalue weighted by atomic mass is 15.0. The number of hydrogen-bond acceptors (Lipinski definition) is 3. The number of nitrogens with two attached hydrogens (primary N) is 2.